The molecule has 0 fully saturated rings. The van der Waals surface area contributed by atoms with Gasteiger partial charge in [-0.05, 0) is 41.1 Å². The lowest BCUT2D eigenvalue weighted by atomic mass is 10.2. The second-order valence-corrected chi connectivity index (χ2v) is 4.91. The first-order valence-electron chi connectivity index (χ1n) is 5.47. The molecule has 1 amide bonds. The summed E-state index contributed by atoms with van der Waals surface area (Å²) in [5, 5.41) is 8.69. The molecule has 0 radical (unpaired) electrons. The Kier molecular flexibility index (Phi) is 3.85. The van der Waals surface area contributed by atoms with E-state index in [0.29, 0.717) is 10.2 Å². The van der Waals surface area contributed by atoms with Gasteiger partial charge in [-0.15, -0.1) is 0 Å². The van der Waals surface area contributed by atoms with Crippen LogP contribution >= 0.6 is 15.9 Å². The van der Waals surface area contributed by atoms with Crippen LogP contribution in [0.4, 0.5) is 18.9 Å². The number of nitrogens with zero attached hydrogens (tertiary/aromatic N) is 1. The minimum Gasteiger partial charge on any atom is -0.321 e. The van der Waals surface area contributed by atoms with Crippen molar-refractivity contribution in [3.05, 3.63) is 45.7 Å². The summed E-state index contributed by atoms with van der Waals surface area (Å²) in [6.07, 6.45) is -3.15. The van der Waals surface area contributed by atoms with Crippen LogP contribution in [-0.4, -0.2) is 16.1 Å². The normalized spacial score (nSPS) is 11.4. The predicted octanol–water partition coefficient (Wildman–Crippen LogP) is 3.75. The van der Waals surface area contributed by atoms with Crippen molar-refractivity contribution in [3.8, 4) is 0 Å². The van der Waals surface area contributed by atoms with Crippen molar-refractivity contribution >= 4 is 27.5 Å². The molecule has 0 aliphatic carbocycles. The molecule has 1 aromatic carbocycles. The van der Waals surface area contributed by atoms with Gasteiger partial charge in [0.2, 0.25) is 0 Å². The third-order valence-corrected chi connectivity index (χ3v) is 3.31. The van der Waals surface area contributed by atoms with Gasteiger partial charge >= 0.3 is 6.18 Å². The minimum absolute atomic E-state index is 0.0467. The molecule has 2 rings (SSSR count). The smallest absolute Gasteiger partial charge is 0.321 e. The van der Waals surface area contributed by atoms with Gasteiger partial charge in [-0.1, -0.05) is 0 Å². The van der Waals surface area contributed by atoms with Gasteiger partial charge in [-0.2, -0.15) is 18.3 Å². The summed E-state index contributed by atoms with van der Waals surface area (Å²) in [4.78, 5) is 11.9. The zero-order valence-corrected chi connectivity index (χ0v) is 11.8. The number of alkyl halides is 3. The Morgan fingerprint density at radius 2 is 2.10 bits per heavy atom. The zero-order chi connectivity index (χ0) is 14.9. The predicted molar refractivity (Wildman–Crippen MR) is 70.4 cm³/mol. The summed E-state index contributed by atoms with van der Waals surface area (Å²) in [7, 11) is 0. The Bertz CT molecular complexity index is 652. The molecule has 0 saturated carbocycles. The lowest BCUT2D eigenvalue weighted by Crippen LogP contribution is -2.14. The van der Waals surface area contributed by atoms with Crippen LogP contribution in [0.1, 0.15) is 21.6 Å². The summed E-state index contributed by atoms with van der Waals surface area (Å²) in [5.41, 5.74) is 0.0188. The lowest BCUT2D eigenvalue weighted by molar-refractivity contribution is -0.137. The van der Waals surface area contributed by atoms with Crippen molar-refractivity contribution in [2.45, 2.75) is 13.1 Å². The topological polar surface area (TPSA) is 57.8 Å². The Labute approximate surface area is 120 Å². The standard InChI is InChI=1S/C12H9BrF3N3O/c1-6-8(5-17-19-6)11(20)18-10-4-7(12(14,15)16)2-3-9(10)13/h2-5H,1H3,(H,17,19)(H,18,20). The summed E-state index contributed by atoms with van der Waals surface area (Å²) in [5.74, 6) is -0.531. The van der Waals surface area contributed by atoms with E-state index in [9.17, 15) is 18.0 Å². The van der Waals surface area contributed by atoms with Gasteiger partial charge in [0, 0.05) is 10.2 Å². The number of aromatic nitrogens is 2. The van der Waals surface area contributed by atoms with Gasteiger partial charge < -0.3 is 5.32 Å². The summed E-state index contributed by atoms with van der Waals surface area (Å²) >= 11 is 3.10. The largest absolute Gasteiger partial charge is 0.416 e. The molecular weight excluding hydrogens is 339 g/mol. The van der Waals surface area contributed by atoms with Crippen LogP contribution in [0.25, 0.3) is 0 Å². The number of nitrogens with one attached hydrogen (secondary N) is 2. The Balaban J connectivity index is 2.30. The van der Waals surface area contributed by atoms with E-state index in [1.807, 2.05) is 0 Å². The Morgan fingerprint density at radius 3 is 2.65 bits per heavy atom. The highest BCUT2D eigenvalue weighted by molar-refractivity contribution is 9.10. The van der Waals surface area contributed by atoms with Crippen LogP contribution in [0.2, 0.25) is 0 Å². The fraction of sp³-hybridized carbons (Fsp3) is 0.167. The number of H-pyrrole nitrogens is 1. The van der Waals surface area contributed by atoms with Crippen LogP contribution in [0, 0.1) is 6.92 Å². The van der Waals surface area contributed by atoms with E-state index in [0.717, 1.165) is 12.1 Å². The molecule has 0 bridgehead atoms. The second kappa shape index (κ2) is 5.28. The molecule has 0 unspecified atom stereocenters. The third-order valence-electron chi connectivity index (χ3n) is 2.62. The van der Waals surface area contributed by atoms with Crippen molar-refractivity contribution in [1.82, 2.24) is 10.2 Å². The van der Waals surface area contributed by atoms with Gasteiger partial charge in [-0.25, -0.2) is 0 Å². The van der Waals surface area contributed by atoms with Crippen LogP contribution < -0.4 is 5.32 Å². The molecule has 106 valence electrons. The first kappa shape index (κ1) is 14.6. The fourth-order valence-electron chi connectivity index (χ4n) is 1.57. The van der Waals surface area contributed by atoms with Gasteiger partial charge in [0.05, 0.1) is 23.0 Å². The van der Waals surface area contributed by atoms with E-state index in [1.54, 1.807) is 6.92 Å². The van der Waals surface area contributed by atoms with E-state index < -0.39 is 17.6 Å². The van der Waals surface area contributed by atoms with Crippen LogP contribution in [0.15, 0.2) is 28.9 Å². The number of carbonyl (C=O) groups is 1. The molecule has 8 heteroatoms. The SMILES string of the molecule is Cc1[nH]ncc1C(=O)Nc1cc(C(F)(F)F)ccc1Br. The molecule has 1 aromatic heterocycles. The molecule has 2 N–H and O–H groups in total. The number of hydrogen-bond donors (Lipinski definition) is 2. The maximum Gasteiger partial charge on any atom is 0.416 e. The summed E-state index contributed by atoms with van der Waals surface area (Å²) < 4.78 is 38.3. The quantitative estimate of drug-likeness (QED) is 0.869. The molecule has 0 spiro atoms. The number of carbonyl (C=O) groups excluding carboxylic acids is 1. The highest BCUT2D eigenvalue weighted by Gasteiger charge is 2.31. The Morgan fingerprint density at radius 1 is 1.40 bits per heavy atom. The molecular formula is C12H9BrF3N3O. The third kappa shape index (κ3) is 3.01. The first-order chi connectivity index (χ1) is 9.29. The number of hydrogen-bond acceptors (Lipinski definition) is 2. The molecule has 20 heavy (non-hydrogen) atoms. The molecule has 0 aliphatic heterocycles. The molecule has 4 nitrogen and oxygen atoms in total. The highest BCUT2D eigenvalue weighted by atomic mass is 79.9. The molecule has 0 saturated heterocycles. The number of aromatic amines is 1. The van der Waals surface area contributed by atoms with Crippen molar-refractivity contribution in [2.75, 3.05) is 5.32 Å². The van der Waals surface area contributed by atoms with Gasteiger partial charge in [-0.3, -0.25) is 9.89 Å². The highest BCUT2D eigenvalue weighted by Crippen LogP contribution is 2.34. The van der Waals surface area contributed by atoms with E-state index in [2.05, 4.69) is 31.4 Å². The van der Waals surface area contributed by atoms with Gasteiger partial charge in [0.15, 0.2) is 0 Å². The van der Waals surface area contributed by atoms with E-state index in [4.69, 9.17) is 0 Å². The monoisotopic (exact) mass is 347 g/mol. The van der Waals surface area contributed by atoms with Crippen molar-refractivity contribution in [2.24, 2.45) is 0 Å². The number of anilines is 1. The number of amides is 1. The van der Waals surface area contributed by atoms with Gasteiger partial charge in [0.25, 0.3) is 5.91 Å². The van der Waals surface area contributed by atoms with E-state index in [1.165, 1.54) is 12.3 Å². The molecule has 0 atom stereocenters. The average Bonchev–Trinajstić information content (AvgIpc) is 2.77. The summed E-state index contributed by atoms with van der Waals surface area (Å²) in [6.45, 7) is 1.64. The van der Waals surface area contributed by atoms with Crippen molar-refractivity contribution < 1.29 is 18.0 Å². The summed E-state index contributed by atoms with van der Waals surface area (Å²) in [6, 6.07) is 3.04. The number of aryl methyl sites for hydroxylation is 1. The van der Waals surface area contributed by atoms with E-state index >= 15 is 0 Å². The number of halogens is 4. The fourth-order valence-corrected chi connectivity index (χ4v) is 1.91. The Hall–Kier alpha value is -1.83. The average molecular weight is 348 g/mol. The zero-order valence-electron chi connectivity index (χ0n) is 10.2. The van der Waals surface area contributed by atoms with Crippen molar-refractivity contribution in [1.29, 1.82) is 0 Å². The maximum absolute atomic E-state index is 12.6. The van der Waals surface area contributed by atoms with E-state index in [-0.39, 0.29) is 11.3 Å². The number of benzene rings is 1. The minimum atomic E-state index is -4.47. The van der Waals surface area contributed by atoms with Crippen LogP contribution in [0.5, 0.6) is 0 Å². The van der Waals surface area contributed by atoms with Gasteiger partial charge in [0.1, 0.15) is 0 Å². The molecule has 1 heterocycles. The maximum atomic E-state index is 12.6. The number of rotatable bonds is 2. The van der Waals surface area contributed by atoms with Crippen LogP contribution in [0.3, 0.4) is 0 Å². The first-order valence-corrected chi connectivity index (χ1v) is 6.26. The lowest BCUT2D eigenvalue weighted by Gasteiger charge is -2.11. The second-order valence-electron chi connectivity index (χ2n) is 4.06. The molecule has 0 aliphatic rings. The van der Waals surface area contributed by atoms with Crippen LogP contribution in [-0.2, 0) is 6.18 Å². The van der Waals surface area contributed by atoms with Crippen molar-refractivity contribution in [3.63, 3.8) is 0 Å². The molecule has 2 aromatic rings.